The number of hydrogen-bond acceptors (Lipinski definition) is 4. The van der Waals surface area contributed by atoms with Crippen molar-refractivity contribution in [1.82, 2.24) is 0 Å². The Kier molecular flexibility index (Phi) is 8.15. The first-order valence-electron chi connectivity index (χ1n) is 13.7. The lowest BCUT2D eigenvalue weighted by Crippen LogP contribution is -2.45. The van der Waals surface area contributed by atoms with E-state index in [2.05, 4.69) is 12.2 Å². The summed E-state index contributed by atoms with van der Waals surface area (Å²) >= 11 is 0. The normalized spacial score (nSPS) is 18.8. The number of allylic oxidation sites excluding steroid dienone is 1. The van der Waals surface area contributed by atoms with Crippen LogP contribution in [0.15, 0.2) is 84.1 Å². The van der Waals surface area contributed by atoms with Gasteiger partial charge in [0.15, 0.2) is 5.78 Å². The average molecular weight is 567 g/mol. The summed E-state index contributed by atoms with van der Waals surface area (Å²) in [5.74, 6) is -2.63. The van der Waals surface area contributed by atoms with E-state index >= 15 is 0 Å². The van der Waals surface area contributed by atoms with Gasteiger partial charge in [0.1, 0.15) is 11.6 Å². The van der Waals surface area contributed by atoms with Crippen molar-refractivity contribution < 1.29 is 31.9 Å². The lowest BCUT2D eigenvalue weighted by molar-refractivity contribution is -0.170. The number of carbonyl (C=O) groups excluding carboxylic acids is 2. The maximum Gasteiger partial charge on any atom is 0.471 e. The largest absolute Gasteiger partial charge is 0.494 e. The third-order valence-electron chi connectivity index (χ3n) is 7.50. The van der Waals surface area contributed by atoms with E-state index in [0.717, 1.165) is 24.8 Å². The molecule has 1 aliphatic heterocycles. The van der Waals surface area contributed by atoms with Crippen LogP contribution in [0.1, 0.15) is 62.1 Å². The highest BCUT2D eigenvalue weighted by molar-refractivity contribution is 6.07. The molecule has 0 fully saturated rings. The second-order valence-electron chi connectivity index (χ2n) is 10.3. The Labute approximate surface area is 235 Å². The summed E-state index contributed by atoms with van der Waals surface area (Å²) in [4.78, 5) is 27.6. The van der Waals surface area contributed by atoms with Crippen LogP contribution in [0.2, 0.25) is 0 Å². The molecule has 0 unspecified atom stereocenters. The van der Waals surface area contributed by atoms with Crippen molar-refractivity contribution in [3.05, 3.63) is 101 Å². The van der Waals surface area contributed by atoms with Gasteiger partial charge >= 0.3 is 12.1 Å². The molecule has 0 spiro atoms. The summed E-state index contributed by atoms with van der Waals surface area (Å²) in [6.07, 6.45) is -1.96. The number of rotatable bonds is 7. The zero-order chi connectivity index (χ0) is 29.1. The number of para-hydroxylation sites is 2. The van der Waals surface area contributed by atoms with E-state index in [0.29, 0.717) is 34.9 Å². The topological polar surface area (TPSA) is 58.6 Å². The minimum absolute atomic E-state index is 0.00562. The number of Topliss-reactive ketones (excluding diaryl/α,β-unsaturated/α-hetero) is 1. The molecule has 2 aliphatic rings. The highest BCUT2D eigenvalue weighted by Crippen LogP contribution is 2.48. The third-order valence-corrected chi connectivity index (χ3v) is 7.50. The maximum atomic E-state index is 14.1. The Morgan fingerprint density at radius 1 is 0.951 bits per heavy atom. The van der Waals surface area contributed by atoms with Gasteiger partial charge in [0.25, 0.3) is 0 Å². The summed E-state index contributed by atoms with van der Waals surface area (Å²) in [6.45, 7) is 2.59. The van der Waals surface area contributed by atoms with Gasteiger partial charge < -0.3 is 10.1 Å². The van der Waals surface area contributed by atoms with Gasteiger partial charge in [0, 0.05) is 17.7 Å². The van der Waals surface area contributed by atoms with Crippen LogP contribution in [0.5, 0.6) is 5.75 Å². The highest BCUT2D eigenvalue weighted by atomic mass is 19.4. The Morgan fingerprint density at radius 2 is 1.63 bits per heavy atom. The molecule has 2 atom stereocenters. The highest BCUT2D eigenvalue weighted by Gasteiger charge is 2.50. The molecule has 5 nitrogen and oxygen atoms in total. The molecule has 9 heteroatoms. The molecule has 1 aliphatic carbocycles. The molecule has 3 aromatic rings. The third kappa shape index (κ3) is 5.99. The van der Waals surface area contributed by atoms with E-state index in [1.807, 2.05) is 0 Å². The predicted molar refractivity (Wildman–Crippen MR) is 148 cm³/mol. The summed E-state index contributed by atoms with van der Waals surface area (Å²) in [5, 5.41) is 3.19. The van der Waals surface area contributed by atoms with Crippen LogP contribution in [0, 0.1) is 5.82 Å². The number of unbranched alkanes of at least 4 members (excludes halogenated alkanes) is 2. The number of benzene rings is 3. The first kappa shape index (κ1) is 28.4. The van der Waals surface area contributed by atoms with Crippen LogP contribution in [0.4, 0.5) is 28.9 Å². The minimum atomic E-state index is -5.19. The van der Waals surface area contributed by atoms with Crippen molar-refractivity contribution in [1.29, 1.82) is 0 Å². The lowest BCUT2D eigenvalue weighted by atomic mass is 9.78. The Balaban J connectivity index is 1.62. The smallest absolute Gasteiger partial charge is 0.471 e. The fourth-order valence-corrected chi connectivity index (χ4v) is 5.52. The number of hydrogen-bond donors (Lipinski definition) is 1. The zero-order valence-corrected chi connectivity index (χ0v) is 22.5. The molecule has 214 valence electrons. The number of fused-ring (bicyclic) bond motifs is 1. The summed E-state index contributed by atoms with van der Waals surface area (Å²) in [7, 11) is 0. The van der Waals surface area contributed by atoms with Crippen LogP contribution in [0.3, 0.4) is 0 Å². The van der Waals surface area contributed by atoms with Gasteiger partial charge in [-0.3, -0.25) is 14.5 Å². The van der Waals surface area contributed by atoms with E-state index in [-0.39, 0.29) is 35.1 Å². The fourth-order valence-electron chi connectivity index (χ4n) is 5.52. The van der Waals surface area contributed by atoms with Crippen molar-refractivity contribution in [2.24, 2.45) is 0 Å². The number of nitrogens with zero attached hydrogens (tertiary/aromatic N) is 1. The number of ketones is 1. The van der Waals surface area contributed by atoms with Crippen molar-refractivity contribution in [2.75, 3.05) is 16.8 Å². The lowest BCUT2D eigenvalue weighted by Gasteiger charge is -2.35. The Bertz CT molecular complexity index is 1450. The van der Waals surface area contributed by atoms with Gasteiger partial charge in [-0.25, -0.2) is 4.39 Å². The number of alkyl halides is 3. The standard InChI is InChI=1S/C32H30F4N2O3/c1-2-3-6-17-41-24-15-11-21(12-16-24)30-29-26(18-22(19-28(29)39)20-9-13-23(33)14-10-20)37-25-7-4-5-8-27(25)38(30)31(40)32(34,35)36/h4-5,7-16,22,30,37H,2-3,6,17-19H2,1H3/t22-,30+/m0/s1. The number of ether oxygens (including phenoxy) is 1. The zero-order valence-electron chi connectivity index (χ0n) is 22.5. The molecule has 0 saturated carbocycles. The quantitative estimate of drug-likeness (QED) is 0.234. The Morgan fingerprint density at radius 3 is 2.32 bits per heavy atom. The summed E-state index contributed by atoms with van der Waals surface area (Å²) in [6, 6.07) is 17.3. The number of carbonyl (C=O) groups is 2. The number of halogens is 4. The predicted octanol–water partition coefficient (Wildman–Crippen LogP) is 7.86. The summed E-state index contributed by atoms with van der Waals surface area (Å²) < 4.78 is 61.6. The second-order valence-corrected chi connectivity index (χ2v) is 10.3. The molecule has 0 bridgehead atoms. The molecular formula is C32H30F4N2O3. The number of anilines is 2. The molecule has 0 aromatic heterocycles. The molecule has 5 rings (SSSR count). The minimum Gasteiger partial charge on any atom is -0.494 e. The Hall–Kier alpha value is -4.14. The monoisotopic (exact) mass is 566 g/mol. The maximum absolute atomic E-state index is 14.1. The van der Waals surface area contributed by atoms with E-state index in [1.54, 1.807) is 54.6 Å². The molecule has 0 radical (unpaired) electrons. The average Bonchev–Trinajstić information content (AvgIpc) is 3.10. The second kappa shape index (κ2) is 11.8. The fraction of sp³-hybridized carbons (Fsp3) is 0.312. The molecule has 41 heavy (non-hydrogen) atoms. The molecule has 1 amide bonds. The van der Waals surface area contributed by atoms with Gasteiger partial charge in [-0.1, -0.05) is 56.2 Å². The number of nitrogens with one attached hydrogen (secondary N) is 1. The van der Waals surface area contributed by atoms with Crippen molar-refractivity contribution in [2.45, 2.75) is 57.2 Å². The van der Waals surface area contributed by atoms with Gasteiger partial charge in [-0.05, 0) is 66.3 Å². The first-order valence-corrected chi connectivity index (χ1v) is 13.7. The van der Waals surface area contributed by atoms with Gasteiger partial charge in [-0.2, -0.15) is 13.2 Å². The van der Waals surface area contributed by atoms with E-state index in [4.69, 9.17) is 4.74 Å². The van der Waals surface area contributed by atoms with Crippen LogP contribution in [-0.2, 0) is 9.59 Å². The van der Waals surface area contributed by atoms with E-state index < -0.39 is 23.9 Å². The SMILES string of the molecule is CCCCCOc1ccc([C@@H]2C3=C(C[C@H](c4ccc(F)cc4)CC3=O)Nc3ccccc3N2C(=O)C(F)(F)F)cc1. The first-order chi connectivity index (χ1) is 19.7. The van der Waals surface area contributed by atoms with Gasteiger partial charge in [0.2, 0.25) is 0 Å². The van der Waals surface area contributed by atoms with E-state index in [9.17, 15) is 27.2 Å². The molecule has 0 saturated heterocycles. The molecule has 1 N–H and O–H groups in total. The number of amides is 1. The van der Waals surface area contributed by atoms with Gasteiger partial charge in [-0.15, -0.1) is 0 Å². The van der Waals surface area contributed by atoms with Gasteiger partial charge in [0.05, 0.1) is 24.0 Å². The van der Waals surface area contributed by atoms with E-state index in [1.165, 1.54) is 18.2 Å². The molecule has 1 heterocycles. The van der Waals surface area contributed by atoms with Crippen molar-refractivity contribution in [3.63, 3.8) is 0 Å². The van der Waals surface area contributed by atoms with Crippen molar-refractivity contribution >= 4 is 23.1 Å². The molecule has 3 aromatic carbocycles. The van der Waals surface area contributed by atoms with Crippen LogP contribution >= 0.6 is 0 Å². The van der Waals surface area contributed by atoms with Crippen LogP contribution < -0.4 is 15.0 Å². The summed E-state index contributed by atoms with van der Waals surface area (Å²) in [5.41, 5.74) is 1.93. The van der Waals surface area contributed by atoms with Crippen molar-refractivity contribution in [3.8, 4) is 5.75 Å². The molecular weight excluding hydrogens is 536 g/mol. The van der Waals surface area contributed by atoms with Crippen LogP contribution in [-0.4, -0.2) is 24.5 Å². The van der Waals surface area contributed by atoms with Crippen LogP contribution in [0.25, 0.3) is 0 Å².